The number of likely N-dealkylation sites (N-methyl/N-ethyl adjacent to an activating group) is 1. The van der Waals surface area contributed by atoms with Crippen molar-refractivity contribution in [3.63, 3.8) is 0 Å². The first-order valence-electron chi connectivity index (χ1n) is 3.93. The van der Waals surface area contributed by atoms with Gasteiger partial charge >= 0.3 is 0 Å². The summed E-state index contributed by atoms with van der Waals surface area (Å²) in [6, 6.07) is 3.03. The first-order valence-corrected chi connectivity index (χ1v) is 5.11. The highest BCUT2D eigenvalue weighted by Gasteiger charge is 2.09. The van der Waals surface area contributed by atoms with Crippen LogP contribution in [-0.4, -0.2) is 13.6 Å². The van der Waals surface area contributed by atoms with Crippen molar-refractivity contribution in [1.29, 1.82) is 0 Å². The molecule has 1 N–H and O–H groups in total. The molecular formula is C9H10BrClFN. The molecule has 0 radical (unpaired) electrons. The molecule has 0 bridgehead atoms. The van der Waals surface area contributed by atoms with Crippen LogP contribution in [0.2, 0.25) is 5.02 Å². The van der Waals surface area contributed by atoms with Crippen LogP contribution in [0.5, 0.6) is 0 Å². The minimum atomic E-state index is -0.247. The molecule has 1 rings (SSSR count). The van der Waals surface area contributed by atoms with E-state index in [1.807, 2.05) is 7.05 Å². The molecule has 0 saturated heterocycles. The van der Waals surface area contributed by atoms with Crippen LogP contribution in [0.15, 0.2) is 16.6 Å². The van der Waals surface area contributed by atoms with Crippen LogP contribution >= 0.6 is 27.5 Å². The van der Waals surface area contributed by atoms with E-state index in [0.717, 1.165) is 4.47 Å². The second-order valence-electron chi connectivity index (χ2n) is 2.68. The van der Waals surface area contributed by atoms with E-state index in [-0.39, 0.29) is 5.82 Å². The Morgan fingerprint density at radius 1 is 1.54 bits per heavy atom. The Labute approximate surface area is 90.4 Å². The Hall–Kier alpha value is -0.120. The van der Waals surface area contributed by atoms with Crippen LogP contribution in [-0.2, 0) is 6.42 Å². The van der Waals surface area contributed by atoms with Gasteiger partial charge in [-0.3, -0.25) is 0 Å². The third-order valence-corrected chi connectivity index (χ3v) is 3.08. The SMILES string of the molecule is CNCCc1c(F)ccc(Br)c1Cl. The minimum Gasteiger partial charge on any atom is -0.319 e. The average Bonchev–Trinajstić information content (AvgIpc) is 2.12. The maximum absolute atomic E-state index is 13.2. The molecule has 0 spiro atoms. The lowest BCUT2D eigenvalue weighted by Gasteiger charge is -2.06. The molecule has 0 aromatic heterocycles. The second kappa shape index (κ2) is 4.94. The molecule has 1 aromatic rings. The third kappa shape index (κ3) is 2.66. The summed E-state index contributed by atoms with van der Waals surface area (Å²) in [6.07, 6.45) is 0.598. The van der Waals surface area contributed by atoms with Crippen molar-refractivity contribution in [3.05, 3.63) is 33.0 Å². The van der Waals surface area contributed by atoms with Crippen LogP contribution in [0.4, 0.5) is 4.39 Å². The predicted molar refractivity (Wildman–Crippen MR) is 56.7 cm³/mol. The Balaban J connectivity index is 2.96. The smallest absolute Gasteiger partial charge is 0.128 e. The molecule has 4 heteroatoms. The van der Waals surface area contributed by atoms with Crippen LogP contribution in [0.1, 0.15) is 5.56 Å². The molecule has 0 aliphatic carbocycles. The van der Waals surface area contributed by atoms with Gasteiger partial charge in [0.25, 0.3) is 0 Å². The standard InChI is InChI=1S/C9H10BrClFN/c1-13-5-4-6-8(12)3-2-7(10)9(6)11/h2-3,13H,4-5H2,1H3. The molecule has 1 nitrogen and oxygen atoms in total. The fraction of sp³-hybridized carbons (Fsp3) is 0.333. The summed E-state index contributed by atoms with van der Waals surface area (Å²) < 4.78 is 14.0. The van der Waals surface area contributed by atoms with Crippen molar-refractivity contribution in [2.24, 2.45) is 0 Å². The molecule has 0 saturated carbocycles. The Bertz CT molecular complexity index is 304. The summed E-state index contributed by atoms with van der Waals surface area (Å²) in [5.41, 5.74) is 0.561. The number of hydrogen-bond donors (Lipinski definition) is 1. The molecule has 0 fully saturated rings. The largest absolute Gasteiger partial charge is 0.319 e. The summed E-state index contributed by atoms with van der Waals surface area (Å²) in [6.45, 7) is 0.715. The number of halogens is 3. The van der Waals surface area contributed by atoms with Gasteiger partial charge in [-0.05, 0) is 48.1 Å². The van der Waals surface area contributed by atoms with Crippen LogP contribution in [0.25, 0.3) is 0 Å². The van der Waals surface area contributed by atoms with Crippen molar-refractivity contribution in [1.82, 2.24) is 5.32 Å². The molecule has 0 aliphatic rings. The highest BCUT2D eigenvalue weighted by Crippen LogP contribution is 2.28. The highest BCUT2D eigenvalue weighted by atomic mass is 79.9. The van der Waals surface area contributed by atoms with E-state index in [9.17, 15) is 4.39 Å². The summed E-state index contributed by atoms with van der Waals surface area (Å²) in [5.74, 6) is -0.247. The van der Waals surface area contributed by atoms with Gasteiger partial charge in [-0.15, -0.1) is 0 Å². The second-order valence-corrected chi connectivity index (χ2v) is 3.91. The van der Waals surface area contributed by atoms with E-state index >= 15 is 0 Å². The minimum absolute atomic E-state index is 0.247. The van der Waals surface area contributed by atoms with E-state index < -0.39 is 0 Å². The fourth-order valence-electron chi connectivity index (χ4n) is 1.05. The normalized spacial score (nSPS) is 10.5. The van der Waals surface area contributed by atoms with Gasteiger partial charge in [-0.25, -0.2) is 4.39 Å². The number of hydrogen-bond acceptors (Lipinski definition) is 1. The molecule has 13 heavy (non-hydrogen) atoms. The number of rotatable bonds is 3. The lowest BCUT2D eigenvalue weighted by atomic mass is 10.1. The molecule has 0 heterocycles. The van der Waals surface area contributed by atoms with E-state index in [4.69, 9.17) is 11.6 Å². The Morgan fingerprint density at radius 3 is 2.85 bits per heavy atom. The lowest BCUT2D eigenvalue weighted by molar-refractivity contribution is 0.604. The zero-order valence-electron chi connectivity index (χ0n) is 7.20. The molecule has 1 aromatic carbocycles. The van der Waals surface area contributed by atoms with Crippen molar-refractivity contribution >= 4 is 27.5 Å². The van der Waals surface area contributed by atoms with Gasteiger partial charge in [0.2, 0.25) is 0 Å². The fourth-order valence-corrected chi connectivity index (χ4v) is 1.67. The van der Waals surface area contributed by atoms with Crippen LogP contribution in [0.3, 0.4) is 0 Å². The van der Waals surface area contributed by atoms with E-state index in [1.165, 1.54) is 6.07 Å². The monoisotopic (exact) mass is 265 g/mol. The summed E-state index contributed by atoms with van der Waals surface area (Å²) in [7, 11) is 1.82. The van der Waals surface area contributed by atoms with E-state index in [0.29, 0.717) is 23.6 Å². The maximum Gasteiger partial charge on any atom is 0.128 e. The first kappa shape index (κ1) is 11.0. The Morgan fingerprint density at radius 2 is 2.23 bits per heavy atom. The molecule has 0 aliphatic heterocycles. The quantitative estimate of drug-likeness (QED) is 0.829. The van der Waals surface area contributed by atoms with Gasteiger partial charge in [0.15, 0.2) is 0 Å². The number of nitrogens with one attached hydrogen (secondary N) is 1. The molecular weight excluding hydrogens is 256 g/mol. The highest BCUT2D eigenvalue weighted by molar-refractivity contribution is 9.10. The topological polar surface area (TPSA) is 12.0 Å². The van der Waals surface area contributed by atoms with Crippen LogP contribution < -0.4 is 5.32 Å². The van der Waals surface area contributed by atoms with Gasteiger partial charge in [0.1, 0.15) is 5.82 Å². The van der Waals surface area contributed by atoms with Crippen molar-refractivity contribution in [2.45, 2.75) is 6.42 Å². The van der Waals surface area contributed by atoms with E-state index in [2.05, 4.69) is 21.2 Å². The summed E-state index contributed by atoms with van der Waals surface area (Å²) in [5, 5.41) is 3.42. The van der Waals surface area contributed by atoms with Gasteiger partial charge in [-0.1, -0.05) is 11.6 Å². The average molecular weight is 267 g/mol. The van der Waals surface area contributed by atoms with E-state index in [1.54, 1.807) is 6.07 Å². The third-order valence-electron chi connectivity index (χ3n) is 1.76. The number of benzene rings is 1. The van der Waals surface area contributed by atoms with Gasteiger partial charge in [-0.2, -0.15) is 0 Å². The lowest BCUT2D eigenvalue weighted by Crippen LogP contribution is -2.11. The predicted octanol–water partition coefficient (Wildman–Crippen LogP) is 3.00. The van der Waals surface area contributed by atoms with Crippen molar-refractivity contribution in [3.8, 4) is 0 Å². The molecule has 0 amide bonds. The zero-order valence-corrected chi connectivity index (χ0v) is 9.54. The summed E-state index contributed by atoms with van der Waals surface area (Å²) in [4.78, 5) is 0. The molecule has 0 unspecified atom stereocenters. The van der Waals surface area contributed by atoms with Crippen LogP contribution in [0, 0.1) is 5.82 Å². The van der Waals surface area contributed by atoms with Gasteiger partial charge < -0.3 is 5.32 Å². The van der Waals surface area contributed by atoms with Crippen molar-refractivity contribution in [2.75, 3.05) is 13.6 Å². The van der Waals surface area contributed by atoms with Crippen molar-refractivity contribution < 1.29 is 4.39 Å². The summed E-state index contributed by atoms with van der Waals surface area (Å²) >= 11 is 9.17. The zero-order chi connectivity index (χ0) is 9.84. The molecule has 0 atom stereocenters. The maximum atomic E-state index is 13.2. The Kier molecular flexibility index (Phi) is 4.16. The first-order chi connectivity index (χ1) is 6.16. The van der Waals surface area contributed by atoms with Gasteiger partial charge in [0, 0.05) is 10.0 Å². The molecule has 72 valence electrons. The van der Waals surface area contributed by atoms with Gasteiger partial charge in [0.05, 0.1) is 5.02 Å².